The summed E-state index contributed by atoms with van der Waals surface area (Å²) < 4.78 is 7.41. The summed E-state index contributed by atoms with van der Waals surface area (Å²) in [5.41, 5.74) is -0.498. The Hall–Kier alpha value is -1.80. The molecular formula is C24H34FeN2O3. The van der Waals surface area contributed by atoms with Gasteiger partial charge in [0.25, 0.3) is 5.56 Å². The Labute approximate surface area is 192 Å². The summed E-state index contributed by atoms with van der Waals surface area (Å²) in [4.78, 5) is 26.6. The molecule has 0 spiro atoms. The predicted molar refractivity (Wildman–Crippen MR) is 119 cm³/mol. The van der Waals surface area contributed by atoms with Crippen LogP contribution in [-0.2, 0) is 21.8 Å². The van der Waals surface area contributed by atoms with Crippen molar-refractivity contribution in [3.63, 3.8) is 0 Å². The molecule has 2 fully saturated rings. The van der Waals surface area contributed by atoms with Gasteiger partial charge >= 0.3 is 22.8 Å². The zero-order valence-corrected chi connectivity index (χ0v) is 19.7. The van der Waals surface area contributed by atoms with Crippen LogP contribution in [-0.4, -0.2) is 15.7 Å². The van der Waals surface area contributed by atoms with Gasteiger partial charge in [0.1, 0.15) is 11.8 Å². The molecule has 0 aromatic carbocycles. The normalized spacial score (nSPS) is 24.5. The van der Waals surface area contributed by atoms with E-state index in [1.165, 1.54) is 29.6 Å². The van der Waals surface area contributed by atoms with Crippen LogP contribution in [0, 0.1) is 57.6 Å². The maximum absolute atomic E-state index is 12.2. The van der Waals surface area contributed by atoms with Crippen molar-refractivity contribution in [2.75, 3.05) is 0 Å². The largest absolute Gasteiger partial charge is 4.00 e. The Morgan fingerprint density at radius 2 is 1.67 bits per heavy atom. The van der Waals surface area contributed by atoms with Crippen LogP contribution in [0.4, 0.5) is 0 Å². The molecular weight excluding hydrogens is 420 g/mol. The quantitative estimate of drug-likeness (QED) is 0.316. The number of rotatable bonds is 2. The predicted octanol–water partition coefficient (Wildman–Crippen LogP) is 4.13. The number of nitrogens with one attached hydrogen (secondary N) is 1. The monoisotopic (exact) mass is 454 g/mol. The minimum Gasteiger partial charge on any atom is -0.394 e. The minimum absolute atomic E-state index is 0. The molecule has 1 aromatic rings. The topological polar surface area (TPSA) is 64.1 Å². The van der Waals surface area contributed by atoms with E-state index >= 15 is 0 Å². The van der Waals surface area contributed by atoms with Gasteiger partial charge in [-0.1, -0.05) is 38.5 Å². The summed E-state index contributed by atoms with van der Waals surface area (Å²) in [6, 6.07) is 0. The molecule has 4 atom stereocenters. The standard InChI is InChI=1S/C18H24N2O3.C4H4.2CH3.Fe/c1-11-12(2)17(23-13(11)3)20-10-15(16(21)19-18(20)22)9-8-14-6-4-5-7-14;1-3-4-2;;;/h10-14,17H,4-7H2,1-3H3,(H,19,21,22);1-4H;2*1H3;/q;-2;2*-1;+4. The molecule has 1 saturated carbocycles. The van der Waals surface area contributed by atoms with Crippen molar-refractivity contribution in [2.24, 2.45) is 17.8 Å². The fraction of sp³-hybridized carbons (Fsp3) is 0.500. The SMILES string of the molecule is CC1OC(n2cc(C#CC3CCCC3)c(=O)[nH]c2=O)C(C)C1C.[CH-]=CC=[CH-].[CH3-].[CH3-].[Fe+4]. The van der Waals surface area contributed by atoms with Gasteiger partial charge < -0.3 is 44.9 Å². The number of H-pyrrole nitrogens is 1. The molecule has 0 bridgehead atoms. The third-order valence-corrected chi connectivity index (χ3v) is 5.49. The van der Waals surface area contributed by atoms with Gasteiger partial charge in [0.2, 0.25) is 0 Å². The summed E-state index contributed by atoms with van der Waals surface area (Å²) in [5, 5.41) is 0. The van der Waals surface area contributed by atoms with Crippen molar-refractivity contribution in [3.05, 3.63) is 72.8 Å². The van der Waals surface area contributed by atoms with Crippen LogP contribution in [0.1, 0.15) is 58.2 Å². The number of hydrogen-bond acceptors (Lipinski definition) is 3. The maximum atomic E-state index is 12.2. The van der Waals surface area contributed by atoms with Gasteiger partial charge in [-0.05, 0) is 25.7 Å². The molecule has 1 aliphatic heterocycles. The van der Waals surface area contributed by atoms with Crippen molar-refractivity contribution in [3.8, 4) is 11.8 Å². The summed E-state index contributed by atoms with van der Waals surface area (Å²) in [7, 11) is 0. The molecule has 3 rings (SSSR count). The van der Waals surface area contributed by atoms with Crippen molar-refractivity contribution < 1.29 is 21.8 Å². The van der Waals surface area contributed by atoms with Gasteiger partial charge in [-0.15, -0.1) is 0 Å². The van der Waals surface area contributed by atoms with Crippen molar-refractivity contribution in [1.82, 2.24) is 9.55 Å². The van der Waals surface area contributed by atoms with E-state index in [9.17, 15) is 9.59 Å². The van der Waals surface area contributed by atoms with E-state index in [1.54, 1.807) is 6.20 Å². The van der Waals surface area contributed by atoms with E-state index in [4.69, 9.17) is 17.9 Å². The summed E-state index contributed by atoms with van der Waals surface area (Å²) in [6.07, 6.45) is 8.47. The Balaban J connectivity index is 0. The Kier molecular flexibility index (Phi) is 14.4. The van der Waals surface area contributed by atoms with Gasteiger partial charge in [0, 0.05) is 18.0 Å². The van der Waals surface area contributed by atoms with E-state index in [0.29, 0.717) is 17.4 Å². The first-order valence-electron chi connectivity index (χ1n) is 9.50. The van der Waals surface area contributed by atoms with Crippen LogP contribution in [0.3, 0.4) is 0 Å². The first-order chi connectivity index (χ1) is 12.9. The van der Waals surface area contributed by atoms with Gasteiger partial charge in [0.15, 0.2) is 0 Å². The van der Waals surface area contributed by atoms with E-state index in [2.05, 4.69) is 30.7 Å². The summed E-state index contributed by atoms with van der Waals surface area (Å²) >= 11 is 0. The van der Waals surface area contributed by atoms with Crippen LogP contribution in [0.25, 0.3) is 0 Å². The van der Waals surface area contributed by atoms with Gasteiger partial charge in [-0.3, -0.25) is 14.3 Å². The van der Waals surface area contributed by atoms with Crippen molar-refractivity contribution in [1.29, 1.82) is 0 Å². The second-order valence-corrected chi connectivity index (χ2v) is 7.29. The van der Waals surface area contributed by atoms with E-state index in [0.717, 1.165) is 12.8 Å². The Bertz CT molecular complexity index is 834. The second kappa shape index (κ2) is 14.2. The van der Waals surface area contributed by atoms with Gasteiger partial charge in [-0.2, -0.15) is 0 Å². The second-order valence-electron chi connectivity index (χ2n) is 7.29. The smallest absolute Gasteiger partial charge is 0.394 e. The number of aromatic nitrogens is 2. The third-order valence-electron chi connectivity index (χ3n) is 5.49. The molecule has 0 amide bonds. The van der Waals surface area contributed by atoms with E-state index < -0.39 is 11.2 Å². The molecule has 1 aliphatic carbocycles. The number of hydrogen-bond donors (Lipinski definition) is 1. The van der Waals surface area contributed by atoms with E-state index in [1.807, 2.05) is 6.92 Å². The van der Waals surface area contributed by atoms with E-state index in [-0.39, 0.29) is 50.2 Å². The first kappa shape index (κ1) is 30.4. The zero-order chi connectivity index (χ0) is 20.0. The first-order valence-corrected chi connectivity index (χ1v) is 9.50. The number of ether oxygens (including phenoxy) is 1. The minimum atomic E-state index is -0.431. The Morgan fingerprint density at radius 1 is 1.10 bits per heavy atom. The average Bonchev–Trinajstić information content (AvgIpc) is 3.26. The number of allylic oxidation sites excluding steroid dienone is 2. The number of aromatic amines is 1. The zero-order valence-electron chi connectivity index (χ0n) is 18.6. The van der Waals surface area contributed by atoms with Crippen LogP contribution >= 0.6 is 0 Å². The van der Waals surface area contributed by atoms with Crippen molar-refractivity contribution in [2.45, 2.75) is 58.8 Å². The molecule has 5 nitrogen and oxygen atoms in total. The molecule has 6 heteroatoms. The third kappa shape index (κ3) is 7.47. The molecule has 4 unspecified atom stereocenters. The molecule has 166 valence electrons. The van der Waals surface area contributed by atoms with Crippen molar-refractivity contribution >= 4 is 0 Å². The molecule has 0 radical (unpaired) electrons. The molecule has 2 aliphatic rings. The number of nitrogens with zero attached hydrogens (tertiary/aromatic N) is 1. The summed E-state index contributed by atoms with van der Waals surface area (Å²) in [6.45, 7) is 15.6. The van der Waals surface area contributed by atoms with Crippen LogP contribution in [0.15, 0.2) is 27.9 Å². The van der Waals surface area contributed by atoms with Crippen LogP contribution < -0.4 is 11.2 Å². The maximum Gasteiger partial charge on any atom is 4.00 e. The fourth-order valence-electron chi connectivity index (χ4n) is 3.49. The molecule has 1 N–H and O–H groups in total. The molecule has 2 heterocycles. The average molecular weight is 454 g/mol. The molecule has 1 aromatic heterocycles. The molecule has 1 saturated heterocycles. The van der Waals surface area contributed by atoms with Crippen LogP contribution in [0.2, 0.25) is 0 Å². The summed E-state index contributed by atoms with van der Waals surface area (Å²) in [5.74, 6) is 7.08. The van der Waals surface area contributed by atoms with Gasteiger partial charge in [-0.25, -0.2) is 4.79 Å². The fourth-order valence-corrected chi connectivity index (χ4v) is 3.49. The molecule has 30 heavy (non-hydrogen) atoms. The van der Waals surface area contributed by atoms with Gasteiger partial charge in [0.05, 0.1) is 6.10 Å². The Morgan fingerprint density at radius 3 is 2.13 bits per heavy atom. The van der Waals surface area contributed by atoms with Crippen LogP contribution in [0.5, 0.6) is 0 Å².